The summed E-state index contributed by atoms with van der Waals surface area (Å²) in [5, 5.41) is 13.6. The highest BCUT2D eigenvalue weighted by atomic mass is 32.2. The second-order valence-corrected chi connectivity index (χ2v) is 5.15. The first-order chi connectivity index (χ1) is 9.60. The van der Waals surface area contributed by atoms with Crippen molar-refractivity contribution in [1.82, 2.24) is 3.97 Å². The number of fused-ring (bicyclic) bond motifs is 1. The van der Waals surface area contributed by atoms with Gasteiger partial charge in [-0.15, -0.1) is 0 Å². The minimum atomic E-state index is -1.11. The number of hydrogen-bond acceptors (Lipinski definition) is 3. The molecule has 0 saturated heterocycles. The molecule has 0 spiro atoms. The maximum Gasteiger partial charge on any atom is 0.313 e. The van der Waals surface area contributed by atoms with Gasteiger partial charge >= 0.3 is 5.97 Å². The van der Waals surface area contributed by atoms with Crippen LogP contribution in [0.3, 0.4) is 0 Å². The van der Waals surface area contributed by atoms with Crippen molar-refractivity contribution in [3.63, 3.8) is 0 Å². The van der Waals surface area contributed by atoms with Crippen LogP contribution in [-0.2, 0) is 4.79 Å². The lowest BCUT2D eigenvalue weighted by atomic mass is 9.93. The topological polar surface area (TPSA) is 91.0 Å². The first-order valence-electron chi connectivity index (χ1n) is 6.01. The number of azide groups is 1. The van der Waals surface area contributed by atoms with Gasteiger partial charge in [0.05, 0.1) is 5.52 Å². The van der Waals surface area contributed by atoms with Gasteiger partial charge in [-0.3, -0.25) is 8.77 Å². The van der Waals surface area contributed by atoms with Crippen molar-refractivity contribution in [2.24, 2.45) is 5.11 Å². The van der Waals surface area contributed by atoms with Gasteiger partial charge in [0.2, 0.25) is 0 Å². The van der Waals surface area contributed by atoms with Crippen LogP contribution in [-0.4, -0.2) is 27.3 Å². The summed E-state index contributed by atoms with van der Waals surface area (Å²) in [6.07, 6.45) is 3.85. The van der Waals surface area contributed by atoms with Crippen LogP contribution >= 0.6 is 11.9 Å². The Morgan fingerprint density at radius 3 is 2.80 bits per heavy atom. The van der Waals surface area contributed by atoms with Gasteiger partial charge in [-0.05, 0) is 29.1 Å². The standard InChI is InChI=1S/C13H14N4O2S/c1-8(12(13(18)19)15-16-14)10-7-17(20-2)11-6-4-3-5-9(10)11/h3-8,12H,1-2H3,(H,18,19)/t8-,12-/m0/s1. The van der Waals surface area contributed by atoms with Gasteiger partial charge < -0.3 is 5.11 Å². The second kappa shape index (κ2) is 5.90. The van der Waals surface area contributed by atoms with Crippen LogP contribution in [0.5, 0.6) is 0 Å². The van der Waals surface area contributed by atoms with E-state index in [1.807, 2.05) is 40.7 Å². The van der Waals surface area contributed by atoms with E-state index < -0.39 is 17.9 Å². The molecule has 0 saturated carbocycles. The largest absolute Gasteiger partial charge is 0.481 e. The number of carbonyl (C=O) groups is 1. The summed E-state index contributed by atoms with van der Waals surface area (Å²) in [5.74, 6) is -1.52. The number of carboxylic acid groups (broad SMARTS) is 1. The molecule has 1 aromatic carbocycles. The summed E-state index contributed by atoms with van der Waals surface area (Å²) in [6, 6.07) is 6.66. The Balaban J connectivity index is 2.56. The van der Waals surface area contributed by atoms with Gasteiger partial charge in [-0.1, -0.05) is 30.2 Å². The summed E-state index contributed by atoms with van der Waals surface area (Å²) in [4.78, 5) is 13.9. The van der Waals surface area contributed by atoms with E-state index in [0.29, 0.717) is 0 Å². The number of carboxylic acids is 1. The summed E-state index contributed by atoms with van der Waals surface area (Å²) < 4.78 is 1.98. The summed E-state index contributed by atoms with van der Waals surface area (Å²) in [6.45, 7) is 1.76. The molecule has 0 unspecified atom stereocenters. The maximum atomic E-state index is 11.2. The Labute approximate surface area is 120 Å². The van der Waals surface area contributed by atoms with Gasteiger partial charge in [0, 0.05) is 28.7 Å². The number of nitrogens with zero attached hydrogens (tertiary/aromatic N) is 4. The minimum Gasteiger partial charge on any atom is -0.481 e. The van der Waals surface area contributed by atoms with Crippen LogP contribution in [0, 0.1) is 0 Å². The number of hydrogen-bond donors (Lipinski definition) is 1. The molecule has 1 N–H and O–H groups in total. The Bertz CT molecular complexity index is 689. The number of aromatic nitrogens is 1. The fourth-order valence-corrected chi connectivity index (χ4v) is 2.85. The predicted octanol–water partition coefficient (Wildman–Crippen LogP) is 3.63. The molecule has 6 nitrogen and oxygen atoms in total. The molecule has 1 aromatic heterocycles. The molecule has 2 rings (SSSR count). The average Bonchev–Trinajstić information content (AvgIpc) is 2.82. The first kappa shape index (κ1) is 14.3. The number of para-hydroxylation sites is 1. The molecule has 2 aromatic rings. The zero-order valence-electron chi connectivity index (χ0n) is 11.1. The number of rotatable bonds is 5. The molecule has 7 heteroatoms. The van der Waals surface area contributed by atoms with Crippen LogP contribution in [0.1, 0.15) is 18.4 Å². The molecule has 0 aliphatic carbocycles. The SMILES string of the molecule is CSn1cc([C@H](C)[C@H](N=[N+]=[N-])C(=O)O)c2ccccc21. The van der Waals surface area contributed by atoms with E-state index in [9.17, 15) is 9.90 Å². The van der Waals surface area contributed by atoms with Crippen LogP contribution in [0.15, 0.2) is 35.6 Å². The summed E-state index contributed by atoms with van der Waals surface area (Å²) in [5.41, 5.74) is 10.4. The van der Waals surface area contributed by atoms with Crippen molar-refractivity contribution < 1.29 is 9.90 Å². The zero-order valence-corrected chi connectivity index (χ0v) is 11.9. The van der Waals surface area contributed by atoms with E-state index in [1.54, 1.807) is 6.92 Å². The molecule has 2 atom stereocenters. The van der Waals surface area contributed by atoms with Crippen molar-refractivity contribution in [3.05, 3.63) is 46.5 Å². The molecule has 0 fully saturated rings. The molecule has 0 aliphatic heterocycles. The van der Waals surface area contributed by atoms with Crippen LogP contribution in [0.25, 0.3) is 21.3 Å². The molecule has 0 bridgehead atoms. The summed E-state index contributed by atoms with van der Waals surface area (Å²) in [7, 11) is 0. The Morgan fingerprint density at radius 2 is 2.20 bits per heavy atom. The average molecular weight is 290 g/mol. The van der Waals surface area contributed by atoms with E-state index in [-0.39, 0.29) is 0 Å². The highest BCUT2D eigenvalue weighted by molar-refractivity contribution is 7.97. The lowest BCUT2D eigenvalue weighted by Crippen LogP contribution is -2.23. The third-order valence-corrected chi connectivity index (χ3v) is 3.99. The maximum absolute atomic E-state index is 11.2. The zero-order chi connectivity index (χ0) is 14.7. The Kier molecular flexibility index (Phi) is 4.22. The monoisotopic (exact) mass is 290 g/mol. The molecular formula is C13H14N4O2S. The third kappa shape index (κ3) is 2.45. The molecule has 0 amide bonds. The Hall–Kier alpha value is -2.11. The van der Waals surface area contributed by atoms with Crippen molar-refractivity contribution in [2.75, 3.05) is 6.26 Å². The normalized spacial score (nSPS) is 13.7. The van der Waals surface area contributed by atoms with Gasteiger partial charge in [0.1, 0.15) is 6.04 Å². The van der Waals surface area contributed by atoms with E-state index in [1.165, 1.54) is 11.9 Å². The van der Waals surface area contributed by atoms with Crippen LogP contribution in [0.2, 0.25) is 0 Å². The van der Waals surface area contributed by atoms with Gasteiger partial charge in [-0.2, -0.15) is 0 Å². The predicted molar refractivity (Wildman–Crippen MR) is 79.8 cm³/mol. The van der Waals surface area contributed by atoms with Gasteiger partial charge in [0.25, 0.3) is 0 Å². The fraction of sp³-hybridized carbons (Fsp3) is 0.308. The van der Waals surface area contributed by atoms with Crippen molar-refractivity contribution in [2.45, 2.75) is 18.9 Å². The van der Waals surface area contributed by atoms with Crippen molar-refractivity contribution in [1.29, 1.82) is 0 Å². The highest BCUT2D eigenvalue weighted by Gasteiger charge is 2.27. The quantitative estimate of drug-likeness (QED) is 0.517. The van der Waals surface area contributed by atoms with E-state index in [0.717, 1.165) is 16.5 Å². The Morgan fingerprint density at radius 1 is 1.50 bits per heavy atom. The second-order valence-electron chi connectivity index (χ2n) is 4.39. The van der Waals surface area contributed by atoms with E-state index in [4.69, 9.17) is 5.53 Å². The lowest BCUT2D eigenvalue weighted by Gasteiger charge is -2.14. The molecular weight excluding hydrogens is 276 g/mol. The smallest absolute Gasteiger partial charge is 0.313 e. The van der Waals surface area contributed by atoms with Crippen molar-refractivity contribution >= 4 is 28.8 Å². The molecule has 0 radical (unpaired) electrons. The number of benzene rings is 1. The van der Waals surface area contributed by atoms with Gasteiger partial charge in [0.15, 0.2) is 0 Å². The van der Waals surface area contributed by atoms with E-state index >= 15 is 0 Å². The van der Waals surface area contributed by atoms with Crippen molar-refractivity contribution in [3.8, 4) is 0 Å². The first-order valence-corrected chi connectivity index (χ1v) is 7.19. The van der Waals surface area contributed by atoms with Crippen LogP contribution in [0.4, 0.5) is 0 Å². The highest BCUT2D eigenvalue weighted by Crippen LogP contribution is 2.32. The summed E-state index contributed by atoms with van der Waals surface area (Å²) >= 11 is 1.54. The fourth-order valence-electron chi connectivity index (χ4n) is 2.28. The van der Waals surface area contributed by atoms with Gasteiger partial charge in [-0.25, -0.2) is 0 Å². The molecule has 20 heavy (non-hydrogen) atoms. The third-order valence-electron chi connectivity index (χ3n) is 3.30. The molecule has 1 heterocycles. The molecule has 104 valence electrons. The molecule has 0 aliphatic rings. The van der Waals surface area contributed by atoms with E-state index in [2.05, 4.69) is 10.0 Å². The van der Waals surface area contributed by atoms with Crippen LogP contribution < -0.4 is 0 Å². The minimum absolute atomic E-state index is 0.401. The lowest BCUT2D eigenvalue weighted by molar-refractivity contribution is -0.138. The number of aliphatic carboxylic acids is 1.